The van der Waals surface area contributed by atoms with E-state index in [9.17, 15) is 4.39 Å². The fourth-order valence-electron chi connectivity index (χ4n) is 2.55. The number of hydrogen-bond acceptors (Lipinski definition) is 1. The van der Waals surface area contributed by atoms with Gasteiger partial charge in [-0.3, -0.25) is 0 Å². The summed E-state index contributed by atoms with van der Waals surface area (Å²) in [5.41, 5.74) is 1.04. The first-order chi connectivity index (χ1) is 9.00. The van der Waals surface area contributed by atoms with E-state index in [1.54, 1.807) is 12.1 Å². The summed E-state index contributed by atoms with van der Waals surface area (Å²) in [6, 6.07) is 4.63. The van der Waals surface area contributed by atoms with Crippen molar-refractivity contribution in [3.05, 3.63) is 34.6 Å². The Morgan fingerprint density at radius 1 is 1.26 bits per heavy atom. The van der Waals surface area contributed by atoms with Gasteiger partial charge in [0.05, 0.1) is 0 Å². The van der Waals surface area contributed by atoms with Crippen LogP contribution in [-0.4, -0.2) is 13.1 Å². The van der Waals surface area contributed by atoms with E-state index in [4.69, 9.17) is 11.6 Å². The van der Waals surface area contributed by atoms with Crippen molar-refractivity contribution in [2.24, 2.45) is 5.41 Å². The largest absolute Gasteiger partial charge is 0.316 e. The van der Waals surface area contributed by atoms with Gasteiger partial charge in [-0.25, -0.2) is 4.39 Å². The number of hydrogen-bond donors (Lipinski definition) is 1. The zero-order valence-corrected chi connectivity index (χ0v) is 13.0. The minimum Gasteiger partial charge on any atom is -0.316 e. The maximum atomic E-state index is 13.3. The Labute approximate surface area is 121 Å². The topological polar surface area (TPSA) is 12.0 Å². The summed E-state index contributed by atoms with van der Waals surface area (Å²) in [6.45, 7) is 8.57. The number of halogens is 2. The molecule has 0 saturated carbocycles. The third-order valence-electron chi connectivity index (χ3n) is 3.46. The van der Waals surface area contributed by atoms with Gasteiger partial charge in [0, 0.05) is 11.6 Å². The number of rotatable bonds is 8. The lowest BCUT2D eigenvalue weighted by Crippen LogP contribution is -2.34. The zero-order valence-electron chi connectivity index (χ0n) is 12.2. The summed E-state index contributed by atoms with van der Waals surface area (Å²) in [7, 11) is 0. The van der Waals surface area contributed by atoms with Crippen molar-refractivity contribution in [2.75, 3.05) is 13.1 Å². The van der Waals surface area contributed by atoms with Crippen LogP contribution in [0.3, 0.4) is 0 Å². The molecule has 0 heterocycles. The van der Waals surface area contributed by atoms with Gasteiger partial charge in [-0.15, -0.1) is 0 Å². The first-order valence-corrected chi connectivity index (χ1v) is 7.53. The van der Waals surface area contributed by atoms with Gasteiger partial charge in [0.25, 0.3) is 0 Å². The summed E-state index contributed by atoms with van der Waals surface area (Å²) >= 11 is 6.18. The highest BCUT2D eigenvalue weighted by atomic mass is 35.5. The molecule has 1 rings (SSSR count). The molecule has 19 heavy (non-hydrogen) atoms. The highest BCUT2D eigenvalue weighted by Crippen LogP contribution is 2.31. The van der Waals surface area contributed by atoms with Crippen molar-refractivity contribution >= 4 is 11.6 Å². The SMILES string of the molecule is CCCNCC(C)(CCC)Cc1cc(F)ccc1Cl. The minimum atomic E-state index is -0.209. The summed E-state index contributed by atoms with van der Waals surface area (Å²) in [5.74, 6) is -0.209. The number of nitrogens with one attached hydrogen (secondary N) is 1. The maximum Gasteiger partial charge on any atom is 0.123 e. The van der Waals surface area contributed by atoms with E-state index in [0.29, 0.717) is 5.02 Å². The fraction of sp³-hybridized carbons (Fsp3) is 0.625. The highest BCUT2D eigenvalue weighted by Gasteiger charge is 2.24. The second kappa shape index (κ2) is 7.86. The Hall–Kier alpha value is -0.600. The molecule has 0 aliphatic heterocycles. The summed E-state index contributed by atoms with van der Waals surface area (Å²) < 4.78 is 13.3. The zero-order chi connectivity index (χ0) is 14.3. The van der Waals surface area contributed by atoms with Crippen molar-refractivity contribution in [3.8, 4) is 0 Å². The normalized spacial score (nSPS) is 14.4. The number of benzene rings is 1. The van der Waals surface area contributed by atoms with Crippen molar-refractivity contribution in [3.63, 3.8) is 0 Å². The van der Waals surface area contributed by atoms with Gasteiger partial charge in [0.15, 0.2) is 0 Å². The molecule has 0 spiro atoms. The standard InChI is InChI=1S/C16H25ClFN/c1-4-8-16(3,12-19-9-5-2)11-13-10-14(18)6-7-15(13)17/h6-7,10,19H,4-5,8-9,11-12H2,1-3H3. The molecule has 0 radical (unpaired) electrons. The third kappa shape index (κ3) is 5.50. The van der Waals surface area contributed by atoms with Gasteiger partial charge < -0.3 is 5.32 Å². The van der Waals surface area contributed by atoms with Crippen LogP contribution in [0.25, 0.3) is 0 Å². The average molecular weight is 286 g/mol. The highest BCUT2D eigenvalue weighted by molar-refractivity contribution is 6.31. The molecule has 1 unspecified atom stereocenters. The molecule has 1 aromatic rings. The molecule has 3 heteroatoms. The van der Waals surface area contributed by atoms with Crippen LogP contribution < -0.4 is 5.32 Å². The van der Waals surface area contributed by atoms with Gasteiger partial charge in [-0.1, -0.05) is 38.8 Å². The fourth-order valence-corrected chi connectivity index (χ4v) is 2.73. The van der Waals surface area contributed by atoms with E-state index in [1.165, 1.54) is 6.07 Å². The predicted molar refractivity (Wildman–Crippen MR) is 81.3 cm³/mol. The molecular formula is C16H25ClFN. The van der Waals surface area contributed by atoms with Gasteiger partial charge in [-0.2, -0.15) is 0 Å². The van der Waals surface area contributed by atoms with E-state index in [1.807, 2.05) is 0 Å². The van der Waals surface area contributed by atoms with Crippen molar-refractivity contribution < 1.29 is 4.39 Å². The lowest BCUT2D eigenvalue weighted by Gasteiger charge is -2.30. The molecule has 0 bridgehead atoms. The van der Waals surface area contributed by atoms with Gasteiger partial charge in [0.1, 0.15) is 5.82 Å². The molecule has 0 aliphatic rings. The molecular weight excluding hydrogens is 261 g/mol. The van der Waals surface area contributed by atoms with E-state index in [-0.39, 0.29) is 11.2 Å². The van der Waals surface area contributed by atoms with Crippen LogP contribution in [0.5, 0.6) is 0 Å². The van der Waals surface area contributed by atoms with Crippen LogP contribution >= 0.6 is 11.6 Å². The Balaban J connectivity index is 2.78. The maximum absolute atomic E-state index is 13.3. The van der Waals surface area contributed by atoms with E-state index >= 15 is 0 Å². The minimum absolute atomic E-state index is 0.126. The molecule has 0 aromatic heterocycles. The second-order valence-corrected chi connectivity index (χ2v) is 6.06. The lowest BCUT2D eigenvalue weighted by atomic mass is 9.79. The van der Waals surface area contributed by atoms with Crippen LogP contribution in [0.2, 0.25) is 5.02 Å². The predicted octanol–water partition coefficient (Wildman–Crippen LogP) is 4.83. The summed E-state index contributed by atoms with van der Waals surface area (Å²) in [4.78, 5) is 0. The third-order valence-corrected chi connectivity index (χ3v) is 3.83. The van der Waals surface area contributed by atoms with E-state index in [2.05, 4.69) is 26.1 Å². The van der Waals surface area contributed by atoms with Gasteiger partial charge in [0.2, 0.25) is 0 Å². The molecule has 1 aromatic carbocycles. The monoisotopic (exact) mass is 285 g/mol. The Morgan fingerprint density at radius 2 is 2.00 bits per heavy atom. The molecule has 0 amide bonds. The Bertz CT molecular complexity index is 394. The van der Waals surface area contributed by atoms with Crippen LogP contribution in [-0.2, 0) is 6.42 Å². The Morgan fingerprint density at radius 3 is 2.63 bits per heavy atom. The van der Waals surface area contributed by atoms with Crippen molar-refractivity contribution in [2.45, 2.75) is 46.5 Å². The van der Waals surface area contributed by atoms with Crippen molar-refractivity contribution in [1.29, 1.82) is 0 Å². The molecule has 0 aliphatic carbocycles. The first-order valence-electron chi connectivity index (χ1n) is 7.15. The quantitative estimate of drug-likeness (QED) is 0.675. The average Bonchev–Trinajstić information content (AvgIpc) is 2.34. The van der Waals surface area contributed by atoms with Gasteiger partial charge in [-0.05, 0) is 55.0 Å². The van der Waals surface area contributed by atoms with Crippen LogP contribution in [0, 0.1) is 11.2 Å². The molecule has 0 saturated heterocycles. The Kier molecular flexibility index (Phi) is 6.81. The molecule has 108 valence electrons. The van der Waals surface area contributed by atoms with E-state index < -0.39 is 0 Å². The van der Waals surface area contributed by atoms with Crippen molar-refractivity contribution in [1.82, 2.24) is 5.32 Å². The van der Waals surface area contributed by atoms with Crippen LogP contribution in [0.1, 0.15) is 45.6 Å². The smallest absolute Gasteiger partial charge is 0.123 e. The molecule has 1 nitrogen and oxygen atoms in total. The first kappa shape index (κ1) is 16.5. The summed E-state index contributed by atoms with van der Waals surface area (Å²) in [5, 5.41) is 4.14. The molecule has 1 atom stereocenters. The second-order valence-electron chi connectivity index (χ2n) is 5.65. The molecule has 0 fully saturated rings. The van der Waals surface area contributed by atoms with Crippen LogP contribution in [0.15, 0.2) is 18.2 Å². The summed E-state index contributed by atoms with van der Waals surface area (Å²) in [6.07, 6.45) is 4.17. The van der Waals surface area contributed by atoms with E-state index in [0.717, 1.165) is 44.3 Å². The lowest BCUT2D eigenvalue weighted by molar-refractivity contribution is 0.275. The molecule has 1 N–H and O–H groups in total. The van der Waals surface area contributed by atoms with Crippen LogP contribution in [0.4, 0.5) is 4.39 Å². The van der Waals surface area contributed by atoms with Gasteiger partial charge >= 0.3 is 0 Å².